The second-order valence-corrected chi connectivity index (χ2v) is 7.60. The SMILES string of the molecule is COc1ccc(SC(C)C(=O)NC(CN)C2CCCCC2)cc1.Cl. The average molecular weight is 373 g/mol. The van der Waals surface area contributed by atoms with Crippen molar-refractivity contribution in [2.45, 2.75) is 55.2 Å². The van der Waals surface area contributed by atoms with Crippen molar-refractivity contribution in [3.05, 3.63) is 24.3 Å². The van der Waals surface area contributed by atoms with Crippen LogP contribution in [0.5, 0.6) is 5.75 Å². The lowest BCUT2D eigenvalue weighted by Gasteiger charge is -2.30. The Hall–Kier alpha value is -0.910. The molecule has 0 radical (unpaired) electrons. The molecule has 1 aromatic carbocycles. The third kappa shape index (κ3) is 6.19. The van der Waals surface area contributed by atoms with Gasteiger partial charge in [-0.25, -0.2) is 0 Å². The van der Waals surface area contributed by atoms with Crippen LogP contribution in [0.3, 0.4) is 0 Å². The Bertz CT molecular complexity index is 492. The van der Waals surface area contributed by atoms with E-state index in [4.69, 9.17) is 10.5 Å². The number of ether oxygens (including phenoxy) is 1. The van der Waals surface area contributed by atoms with Crippen molar-refractivity contribution in [1.29, 1.82) is 0 Å². The number of halogens is 1. The monoisotopic (exact) mass is 372 g/mol. The molecule has 0 heterocycles. The van der Waals surface area contributed by atoms with Crippen LogP contribution in [0.15, 0.2) is 29.2 Å². The topological polar surface area (TPSA) is 64.3 Å². The summed E-state index contributed by atoms with van der Waals surface area (Å²) in [5, 5.41) is 3.03. The van der Waals surface area contributed by atoms with Gasteiger partial charge in [-0.3, -0.25) is 4.79 Å². The number of amides is 1. The quantitative estimate of drug-likeness (QED) is 0.717. The fourth-order valence-electron chi connectivity index (χ4n) is 3.12. The molecule has 3 N–H and O–H groups in total. The summed E-state index contributed by atoms with van der Waals surface area (Å²) in [6, 6.07) is 7.90. The van der Waals surface area contributed by atoms with Gasteiger partial charge in [0.1, 0.15) is 5.75 Å². The van der Waals surface area contributed by atoms with Crippen molar-refractivity contribution in [2.24, 2.45) is 11.7 Å². The molecule has 1 aliphatic carbocycles. The minimum Gasteiger partial charge on any atom is -0.497 e. The Balaban J connectivity index is 0.00000288. The molecule has 136 valence electrons. The highest BCUT2D eigenvalue weighted by Gasteiger charge is 2.25. The van der Waals surface area contributed by atoms with E-state index in [0.29, 0.717) is 12.5 Å². The first kappa shape index (κ1) is 21.1. The zero-order chi connectivity index (χ0) is 16.7. The lowest BCUT2D eigenvalue weighted by molar-refractivity contribution is -0.121. The first-order chi connectivity index (χ1) is 11.1. The molecule has 0 saturated heterocycles. The predicted octanol–water partition coefficient (Wildman–Crippen LogP) is 3.62. The van der Waals surface area contributed by atoms with Crippen molar-refractivity contribution in [3.8, 4) is 5.75 Å². The summed E-state index contributed by atoms with van der Waals surface area (Å²) in [6.07, 6.45) is 6.19. The van der Waals surface area contributed by atoms with Gasteiger partial charge in [0.15, 0.2) is 0 Å². The normalized spacial score (nSPS) is 17.5. The zero-order valence-electron chi connectivity index (χ0n) is 14.5. The highest BCUT2D eigenvalue weighted by molar-refractivity contribution is 8.00. The van der Waals surface area contributed by atoms with Gasteiger partial charge in [-0.2, -0.15) is 0 Å². The Labute approximate surface area is 155 Å². The smallest absolute Gasteiger partial charge is 0.233 e. The third-order valence-electron chi connectivity index (χ3n) is 4.54. The maximum absolute atomic E-state index is 12.5. The number of methoxy groups -OCH3 is 1. The minimum absolute atomic E-state index is 0. The lowest BCUT2D eigenvalue weighted by atomic mass is 9.84. The van der Waals surface area contributed by atoms with E-state index >= 15 is 0 Å². The summed E-state index contributed by atoms with van der Waals surface area (Å²) in [5.74, 6) is 1.44. The molecule has 1 fully saturated rings. The summed E-state index contributed by atoms with van der Waals surface area (Å²) >= 11 is 1.56. The van der Waals surface area contributed by atoms with Crippen LogP contribution >= 0.6 is 24.2 Å². The fourth-order valence-corrected chi connectivity index (χ4v) is 3.99. The predicted molar refractivity (Wildman–Crippen MR) is 103 cm³/mol. The van der Waals surface area contributed by atoms with Gasteiger partial charge < -0.3 is 15.8 Å². The van der Waals surface area contributed by atoms with Gasteiger partial charge >= 0.3 is 0 Å². The van der Waals surface area contributed by atoms with Crippen molar-refractivity contribution >= 4 is 30.1 Å². The number of nitrogens with two attached hydrogens (primary N) is 1. The van der Waals surface area contributed by atoms with Crippen LogP contribution in [-0.4, -0.2) is 30.9 Å². The van der Waals surface area contributed by atoms with Crippen LogP contribution in [0, 0.1) is 5.92 Å². The Morgan fingerprint density at radius 3 is 2.46 bits per heavy atom. The molecule has 24 heavy (non-hydrogen) atoms. The van der Waals surface area contributed by atoms with Crippen LogP contribution in [0.25, 0.3) is 0 Å². The maximum atomic E-state index is 12.5. The molecular formula is C18H29ClN2O2S. The van der Waals surface area contributed by atoms with E-state index in [1.165, 1.54) is 32.1 Å². The van der Waals surface area contributed by atoms with Crippen molar-refractivity contribution in [3.63, 3.8) is 0 Å². The molecular weight excluding hydrogens is 344 g/mol. The van der Waals surface area contributed by atoms with Gasteiger partial charge in [0, 0.05) is 17.5 Å². The Kier molecular flexibility index (Phi) is 9.56. The molecule has 4 nitrogen and oxygen atoms in total. The van der Waals surface area contributed by atoms with Crippen molar-refractivity contribution in [1.82, 2.24) is 5.32 Å². The Morgan fingerprint density at radius 1 is 1.29 bits per heavy atom. The van der Waals surface area contributed by atoms with E-state index in [0.717, 1.165) is 10.6 Å². The standard InChI is InChI=1S/C18H28N2O2S.ClH/c1-13(23-16-10-8-15(22-2)9-11-16)18(21)20-17(12-19)14-6-4-3-5-7-14;/h8-11,13-14,17H,3-7,12,19H2,1-2H3,(H,20,21);1H. The van der Waals surface area contributed by atoms with Gasteiger partial charge in [-0.05, 0) is 49.9 Å². The third-order valence-corrected chi connectivity index (χ3v) is 5.65. The number of hydrogen-bond donors (Lipinski definition) is 2. The zero-order valence-corrected chi connectivity index (χ0v) is 16.1. The molecule has 2 unspecified atom stereocenters. The summed E-state index contributed by atoms with van der Waals surface area (Å²) in [6.45, 7) is 2.47. The van der Waals surface area contributed by atoms with E-state index in [9.17, 15) is 4.79 Å². The van der Waals surface area contributed by atoms with E-state index in [2.05, 4.69) is 5.32 Å². The maximum Gasteiger partial charge on any atom is 0.233 e. The molecule has 2 atom stereocenters. The van der Waals surface area contributed by atoms with Gasteiger partial charge in [-0.1, -0.05) is 19.3 Å². The van der Waals surface area contributed by atoms with Crippen LogP contribution < -0.4 is 15.8 Å². The number of carbonyl (C=O) groups is 1. The number of benzene rings is 1. The highest BCUT2D eigenvalue weighted by Crippen LogP contribution is 2.28. The summed E-state index contributed by atoms with van der Waals surface area (Å²) in [4.78, 5) is 13.5. The van der Waals surface area contributed by atoms with Crippen LogP contribution in [-0.2, 0) is 4.79 Å². The summed E-state index contributed by atoms with van der Waals surface area (Å²) in [5.41, 5.74) is 5.90. The van der Waals surface area contributed by atoms with E-state index < -0.39 is 0 Å². The number of hydrogen-bond acceptors (Lipinski definition) is 4. The number of carbonyl (C=O) groups excluding carboxylic acids is 1. The number of nitrogens with one attached hydrogen (secondary N) is 1. The summed E-state index contributed by atoms with van der Waals surface area (Å²) in [7, 11) is 1.65. The van der Waals surface area contributed by atoms with Gasteiger partial charge in [0.25, 0.3) is 0 Å². The van der Waals surface area contributed by atoms with Gasteiger partial charge in [0.05, 0.1) is 12.4 Å². The second-order valence-electron chi connectivity index (χ2n) is 6.18. The van der Waals surface area contributed by atoms with E-state index in [-0.39, 0.29) is 29.6 Å². The van der Waals surface area contributed by atoms with Gasteiger partial charge in [-0.15, -0.1) is 24.2 Å². The largest absolute Gasteiger partial charge is 0.497 e. The Morgan fingerprint density at radius 2 is 1.92 bits per heavy atom. The van der Waals surface area contributed by atoms with Gasteiger partial charge in [0.2, 0.25) is 5.91 Å². The molecule has 0 spiro atoms. The molecule has 1 aliphatic rings. The molecule has 1 saturated carbocycles. The molecule has 2 rings (SSSR count). The van der Waals surface area contributed by atoms with E-state index in [1.807, 2.05) is 31.2 Å². The fraction of sp³-hybridized carbons (Fsp3) is 0.611. The molecule has 0 bridgehead atoms. The van der Waals surface area contributed by atoms with Crippen molar-refractivity contribution in [2.75, 3.05) is 13.7 Å². The molecule has 0 aliphatic heterocycles. The molecule has 0 aromatic heterocycles. The number of rotatable bonds is 7. The van der Waals surface area contributed by atoms with Crippen LogP contribution in [0.1, 0.15) is 39.0 Å². The average Bonchev–Trinajstić information content (AvgIpc) is 2.60. The van der Waals surface area contributed by atoms with Crippen LogP contribution in [0.2, 0.25) is 0 Å². The minimum atomic E-state index is -0.138. The lowest BCUT2D eigenvalue weighted by Crippen LogP contribution is -2.48. The second kappa shape index (κ2) is 10.9. The van der Waals surface area contributed by atoms with Crippen LogP contribution in [0.4, 0.5) is 0 Å². The number of thioether (sulfide) groups is 1. The first-order valence-corrected chi connectivity index (χ1v) is 9.33. The molecule has 1 aromatic rings. The first-order valence-electron chi connectivity index (χ1n) is 8.45. The molecule has 1 amide bonds. The van der Waals surface area contributed by atoms with E-state index in [1.54, 1.807) is 18.9 Å². The summed E-state index contributed by atoms with van der Waals surface area (Å²) < 4.78 is 5.15. The molecule has 6 heteroatoms. The van der Waals surface area contributed by atoms with Crippen molar-refractivity contribution < 1.29 is 9.53 Å². The highest BCUT2D eigenvalue weighted by atomic mass is 35.5.